The van der Waals surface area contributed by atoms with Crippen molar-refractivity contribution in [1.29, 1.82) is 0 Å². The summed E-state index contributed by atoms with van der Waals surface area (Å²) in [7, 11) is 0. The van der Waals surface area contributed by atoms with Crippen molar-refractivity contribution >= 4 is 17.5 Å². The summed E-state index contributed by atoms with van der Waals surface area (Å²) >= 11 is 6.23. The first-order valence-electron chi connectivity index (χ1n) is 8.56. The summed E-state index contributed by atoms with van der Waals surface area (Å²) in [6.07, 6.45) is 3.92. The van der Waals surface area contributed by atoms with E-state index in [4.69, 9.17) is 16.3 Å². The minimum absolute atomic E-state index is 0.138. The van der Waals surface area contributed by atoms with E-state index >= 15 is 0 Å². The van der Waals surface area contributed by atoms with Gasteiger partial charge in [0.15, 0.2) is 0 Å². The van der Waals surface area contributed by atoms with E-state index in [-0.39, 0.29) is 17.9 Å². The molecule has 0 saturated carbocycles. The van der Waals surface area contributed by atoms with Crippen molar-refractivity contribution < 1.29 is 9.53 Å². The van der Waals surface area contributed by atoms with Crippen molar-refractivity contribution in [2.45, 2.75) is 38.3 Å². The van der Waals surface area contributed by atoms with Crippen molar-refractivity contribution in [3.63, 3.8) is 0 Å². The van der Waals surface area contributed by atoms with E-state index in [9.17, 15) is 4.79 Å². The zero-order valence-corrected chi connectivity index (χ0v) is 14.2. The Kier molecular flexibility index (Phi) is 5.92. The molecule has 1 aromatic carbocycles. The van der Waals surface area contributed by atoms with E-state index in [0.717, 1.165) is 62.5 Å². The van der Waals surface area contributed by atoms with E-state index < -0.39 is 0 Å². The molecule has 0 unspecified atom stereocenters. The van der Waals surface area contributed by atoms with Crippen LogP contribution in [-0.2, 0) is 16.1 Å². The molecule has 5 heteroatoms. The molecular formula is C18H25ClN2O2. The Morgan fingerprint density at radius 2 is 2.04 bits per heavy atom. The summed E-state index contributed by atoms with van der Waals surface area (Å²) < 4.78 is 5.43. The first-order valence-corrected chi connectivity index (χ1v) is 8.94. The number of rotatable bonds is 4. The Morgan fingerprint density at radius 1 is 1.26 bits per heavy atom. The number of nitrogens with one attached hydrogen (secondary N) is 1. The van der Waals surface area contributed by atoms with Gasteiger partial charge in [-0.25, -0.2) is 0 Å². The van der Waals surface area contributed by atoms with Crippen LogP contribution >= 0.6 is 11.6 Å². The van der Waals surface area contributed by atoms with Crippen LogP contribution in [0.4, 0.5) is 0 Å². The van der Waals surface area contributed by atoms with Gasteiger partial charge in [0.05, 0.1) is 12.6 Å². The molecule has 1 aromatic rings. The van der Waals surface area contributed by atoms with Crippen molar-refractivity contribution in [1.82, 2.24) is 10.2 Å². The third-order valence-electron chi connectivity index (χ3n) is 4.82. The highest BCUT2D eigenvalue weighted by molar-refractivity contribution is 6.31. The van der Waals surface area contributed by atoms with Gasteiger partial charge in [-0.15, -0.1) is 0 Å². The summed E-state index contributed by atoms with van der Waals surface area (Å²) in [5.41, 5.74) is 1.16. The number of hydrogen-bond donors (Lipinski definition) is 1. The second-order valence-electron chi connectivity index (χ2n) is 6.56. The van der Waals surface area contributed by atoms with Gasteiger partial charge in [-0.1, -0.05) is 29.8 Å². The van der Waals surface area contributed by atoms with Crippen LogP contribution in [-0.4, -0.2) is 43.2 Å². The molecule has 0 radical (unpaired) electrons. The molecule has 1 atom stereocenters. The number of ether oxygens (including phenoxy) is 1. The highest BCUT2D eigenvalue weighted by Crippen LogP contribution is 2.22. The fourth-order valence-electron chi connectivity index (χ4n) is 3.39. The van der Waals surface area contributed by atoms with E-state index in [1.807, 2.05) is 18.2 Å². The number of likely N-dealkylation sites (tertiary alicyclic amines) is 1. The minimum atomic E-state index is 0.138. The van der Waals surface area contributed by atoms with Crippen LogP contribution in [0, 0.1) is 5.92 Å². The summed E-state index contributed by atoms with van der Waals surface area (Å²) in [6.45, 7) is 4.25. The normalized spacial score (nSPS) is 23.6. The number of carbonyl (C=O) groups is 1. The van der Waals surface area contributed by atoms with Gasteiger partial charge in [-0.05, 0) is 50.4 Å². The van der Waals surface area contributed by atoms with E-state index in [1.54, 1.807) is 0 Å². The van der Waals surface area contributed by atoms with Crippen LogP contribution in [0.15, 0.2) is 24.3 Å². The number of piperidine rings is 1. The topological polar surface area (TPSA) is 41.6 Å². The first-order chi connectivity index (χ1) is 11.2. The van der Waals surface area contributed by atoms with Crippen LogP contribution in [0.1, 0.15) is 31.2 Å². The zero-order chi connectivity index (χ0) is 16.1. The number of halogens is 1. The number of benzene rings is 1. The van der Waals surface area contributed by atoms with Crippen LogP contribution in [0.5, 0.6) is 0 Å². The molecule has 3 rings (SSSR count). The summed E-state index contributed by atoms with van der Waals surface area (Å²) in [6, 6.07) is 8.19. The molecule has 0 spiro atoms. The lowest BCUT2D eigenvalue weighted by molar-refractivity contribution is -0.128. The average Bonchev–Trinajstić information content (AvgIpc) is 2.58. The molecule has 0 aromatic heterocycles. The highest BCUT2D eigenvalue weighted by atomic mass is 35.5. The van der Waals surface area contributed by atoms with Crippen LogP contribution in [0.3, 0.4) is 0 Å². The molecular weight excluding hydrogens is 312 g/mol. The average molecular weight is 337 g/mol. The van der Waals surface area contributed by atoms with Gasteiger partial charge in [0.25, 0.3) is 0 Å². The predicted octanol–water partition coefficient (Wildman–Crippen LogP) is 2.85. The Bertz CT molecular complexity index is 524. The Hall–Kier alpha value is -1.10. The molecule has 2 heterocycles. The summed E-state index contributed by atoms with van der Waals surface area (Å²) in [4.78, 5) is 14.8. The Balaban J connectivity index is 1.44. The first kappa shape index (κ1) is 16.7. The van der Waals surface area contributed by atoms with E-state index in [1.165, 1.54) is 0 Å². The van der Waals surface area contributed by atoms with Gasteiger partial charge >= 0.3 is 0 Å². The summed E-state index contributed by atoms with van der Waals surface area (Å²) in [5, 5.41) is 3.98. The monoisotopic (exact) mass is 336 g/mol. The smallest absolute Gasteiger partial charge is 0.223 e. The second kappa shape index (κ2) is 8.13. The van der Waals surface area contributed by atoms with E-state index in [2.05, 4.69) is 16.3 Å². The summed E-state index contributed by atoms with van der Waals surface area (Å²) in [5.74, 6) is 0.345. The van der Waals surface area contributed by atoms with Gasteiger partial charge < -0.3 is 10.1 Å². The molecule has 2 fully saturated rings. The largest absolute Gasteiger partial charge is 0.379 e. The Morgan fingerprint density at radius 3 is 2.74 bits per heavy atom. The van der Waals surface area contributed by atoms with Crippen LogP contribution in [0.25, 0.3) is 0 Å². The second-order valence-corrected chi connectivity index (χ2v) is 6.97. The van der Waals surface area contributed by atoms with Gasteiger partial charge in [-0.2, -0.15) is 0 Å². The van der Waals surface area contributed by atoms with Gasteiger partial charge in [0.2, 0.25) is 5.91 Å². The van der Waals surface area contributed by atoms with Gasteiger partial charge in [0, 0.05) is 24.1 Å². The molecule has 4 nitrogen and oxygen atoms in total. The molecule has 2 saturated heterocycles. The Labute approximate surface area is 143 Å². The fourth-order valence-corrected chi connectivity index (χ4v) is 3.59. The predicted molar refractivity (Wildman–Crippen MR) is 91.4 cm³/mol. The van der Waals surface area contributed by atoms with Crippen molar-refractivity contribution in [2.75, 3.05) is 26.3 Å². The zero-order valence-electron chi connectivity index (χ0n) is 13.5. The molecule has 2 aliphatic rings. The molecule has 23 heavy (non-hydrogen) atoms. The molecule has 1 N–H and O–H groups in total. The third-order valence-corrected chi connectivity index (χ3v) is 5.19. The van der Waals surface area contributed by atoms with Crippen molar-refractivity contribution in [3.05, 3.63) is 34.9 Å². The van der Waals surface area contributed by atoms with Gasteiger partial charge in [0.1, 0.15) is 0 Å². The molecule has 0 aliphatic carbocycles. The number of nitrogens with zero attached hydrogens (tertiary/aromatic N) is 1. The van der Waals surface area contributed by atoms with Crippen molar-refractivity contribution in [2.24, 2.45) is 5.92 Å². The maximum atomic E-state index is 12.4. The SMILES string of the molecule is O=C(N[C@H]1CCCOC1)C1CCN(Cc2ccccc2Cl)CC1. The van der Waals surface area contributed by atoms with Crippen LogP contribution < -0.4 is 5.32 Å². The fraction of sp³-hybridized carbons (Fsp3) is 0.611. The van der Waals surface area contributed by atoms with Gasteiger partial charge in [-0.3, -0.25) is 9.69 Å². The maximum absolute atomic E-state index is 12.4. The lowest BCUT2D eigenvalue weighted by Crippen LogP contribution is -2.46. The minimum Gasteiger partial charge on any atom is -0.379 e. The maximum Gasteiger partial charge on any atom is 0.223 e. The standard InChI is InChI=1S/C18H25ClN2O2/c19-17-6-2-1-4-15(17)12-21-9-7-14(8-10-21)18(22)20-16-5-3-11-23-13-16/h1-2,4,6,14,16H,3,5,7-13H2,(H,20,22)/t16-/m0/s1. The lowest BCUT2D eigenvalue weighted by atomic mass is 9.95. The quantitative estimate of drug-likeness (QED) is 0.919. The molecule has 126 valence electrons. The number of amides is 1. The molecule has 0 bridgehead atoms. The van der Waals surface area contributed by atoms with Crippen LogP contribution in [0.2, 0.25) is 5.02 Å². The highest BCUT2D eigenvalue weighted by Gasteiger charge is 2.27. The van der Waals surface area contributed by atoms with E-state index in [0.29, 0.717) is 6.61 Å². The molecule has 1 amide bonds. The van der Waals surface area contributed by atoms with Crippen molar-refractivity contribution in [3.8, 4) is 0 Å². The number of hydrogen-bond acceptors (Lipinski definition) is 3. The molecule has 2 aliphatic heterocycles. The number of carbonyl (C=O) groups excluding carboxylic acids is 1. The third kappa shape index (κ3) is 4.69. The lowest BCUT2D eigenvalue weighted by Gasteiger charge is -2.32.